The van der Waals surface area contributed by atoms with E-state index in [2.05, 4.69) is 27.0 Å². The standard InChI is InChI=1S/C23H19BrN4O2/c24-18-6-3-7-19(15-18)30-21-9-2-1-8-20(21)23(29)28-13-11-27(12-14-28)22-17(16-25)5-4-10-26-22/h1-10,15H,11-14H2. The number of pyridine rings is 1. The van der Waals surface area contributed by atoms with Crippen LogP contribution in [-0.4, -0.2) is 42.0 Å². The quantitative estimate of drug-likeness (QED) is 0.571. The van der Waals surface area contributed by atoms with E-state index >= 15 is 0 Å². The van der Waals surface area contributed by atoms with E-state index in [1.54, 1.807) is 30.5 Å². The molecule has 0 bridgehead atoms. The highest BCUT2D eigenvalue weighted by atomic mass is 79.9. The highest BCUT2D eigenvalue weighted by Gasteiger charge is 2.26. The number of nitriles is 1. The minimum absolute atomic E-state index is 0.0678. The number of piperazine rings is 1. The van der Waals surface area contributed by atoms with Crippen LogP contribution in [0.3, 0.4) is 0 Å². The van der Waals surface area contributed by atoms with Crippen molar-refractivity contribution in [1.29, 1.82) is 5.26 Å². The summed E-state index contributed by atoms with van der Waals surface area (Å²) < 4.78 is 6.90. The van der Waals surface area contributed by atoms with E-state index in [0.29, 0.717) is 54.6 Å². The Kier molecular flexibility index (Phi) is 5.96. The lowest BCUT2D eigenvalue weighted by molar-refractivity contribution is 0.0744. The number of hydrogen-bond donors (Lipinski definition) is 0. The second-order valence-corrected chi connectivity index (χ2v) is 7.74. The van der Waals surface area contributed by atoms with Crippen LogP contribution >= 0.6 is 15.9 Å². The van der Waals surface area contributed by atoms with Crippen molar-refractivity contribution in [2.75, 3.05) is 31.1 Å². The molecule has 1 saturated heterocycles. The summed E-state index contributed by atoms with van der Waals surface area (Å²) in [4.78, 5) is 21.4. The Labute approximate surface area is 183 Å². The first kappa shape index (κ1) is 19.9. The molecule has 30 heavy (non-hydrogen) atoms. The van der Waals surface area contributed by atoms with Crippen molar-refractivity contribution in [2.24, 2.45) is 0 Å². The molecule has 0 atom stereocenters. The molecule has 0 aliphatic carbocycles. The third kappa shape index (κ3) is 4.29. The van der Waals surface area contributed by atoms with Gasteiger partial charge < -0.3 is 14.5 Å². The number of amides is 1. The number of anilines is 1. The minimum atomic E-state index is -0.0678. The minimum Gasteiger partial charge on any atom is -0.456 e. The van der Waals surface area contributed by atoms with Crippen LogP contribution in [-0.2, 0) is 0 Å². The lowest BCUT2D eigenvalue weighted by Gasteiger charge is -2.35. The number of carbonyl (C=O) groups is 1. The van der Waals surface area contributed by atoms with Crippen LogP contribution in [0.1, 0.15) is 15.9 Å². The molecule has 7 heteroatoms. The van der Waals surface area contributed by atoms with Crippen molar-refractivity contribution < 1.29 is 9.53 Å². The van der Waals surface area contributed by atoms with Crippen molar-refractivity contribution in [3.63, 3.8) is 0 Å². The van der Waals surface area contributed by atoms with Gasteiger partial charge in [0.15, 0.2) is 0 Å². The van der Waals surface area contributed by atoms with Gasteiger partial charge in [0.25, 0.3) is 5.91 Å². The summed E-state index contributed by atoms with van der Waals surface area (Å²) >= 11 is 3.44. The third-order valence-corrected chi connectivity index (χ3v) is 5.41. The molecule has 1 aromatic heterocycles. The van der Waals surface area contributed by atoms with Crippen molar-refractivity contribution in [3.8, 4) is 17.6 Å². The molecule has 4 rings (SSSR count). The van der Waals surface area contributed by atoms with E-state index in [9.17, 15) is 10.1 Å². The molecule has 0 N–H and O–H groups in total. The zero-order chi connectivity index (χ0) is 20.9. The van der Waals surface area contributed by atoms with Crippen LogP contribution in [0.15, 0.2) is 71.3 Å². The van der Waals surface area contributed by atoms with Crippen molar-refractivity contribution in [2.45, 2.75) is 0 Å². The fraction of sp³-hybridized carbons (Fsp3) is 0.174. The molecule has 0 saturated carbocycles. The van der Waals surface area contributed by atoms with Crippen LogP contribution in [0.2, 0.25) is 0 Å². The smallest absolute Gasteiger partial charge is 0.257 e. The van der Waals surface area contributed by atoms with Crippen molar-refractivity contribution >= 4 is 27.7 Å². The van der Waals surface area contributed by atoms with Gasteiger partial charge in [-0.25, -0.2) is 4.98 Å². The van der Waals surface area contributed by atoms with Crippen LogP contribution in [0.4, 0.5) is 5.82 Å². The number of carbonyl (C=O) groups excluding carboxylic acids is 1. The van der Waals surface area contributed by atoms with E-state index in [1.807, 2.05) is 46.2 Å². The average molecular weight is 463 g/mol. The summed E-state index contributed by atoms with van der Waals surface area (Å²) in [7, 11) is 0. The highest BCUT2D eigenvalue weighted by Crippen LogP contribution is 2.28. The molecule has 3 aromatic rings. The number of aromatic nitrogens is 1. The molecule has 2 aromatic carbocycles. The summed E-state index contributed by atoms with van der Waals surface area (Å²) in [6, 6.07) is 20.5. The van der Waals surface area contributed by atoms with Gasteiger partial charge in [-0.2, -0.15) is 5.26 Å². The molecule has 1 aliphatic rings. The predicted octanol–water partition coefficient (Wildman–Crippen LogP) is 4.47. The van der Waals surface area contributed by atoms with Gasteiger partial charge in [-0.3, -0.25) is 4.79 Å². The van der Waals surface area contributed by atoms with Crippen LogP contribution in [0, 0.1) is 11.3 Å². The van der Waals surface area contributed by atoms with Gasteiger partial charge in [-0.15, -0.1) is 0 Å². The molecular weight excluding hydrogens is 444 g/mol. The van der Waals surface area contributed by atoms with Gasteiger partial charge in [0.2, 0.25) is 0 Å². The Hall–Kier alpha value is -3.37. The van der Waals surface area contributed by atoms with Crippen molar-refractivity contribution in [3.05, 3.63) is 82.5 Å². The molecule has 150 valence electrons. The number of benzene rings is 2. The van der Waals surface area contributed by atoms with Crippen LogP contribution < -0.4 is 9.64 Å². The Morgan fingerprint density at radius 3 is 2.60 bits per heavy atom. The van der Waals surface area contributed by atoms with Gasteiger partial charge in [0.05, 0.1) is 11.1 Å². The normalized spacial score (nSPS) is 13.6. The molecule has 1 amide bonds. The average Bonchev–Trinajstić information content (AvgIpc) is 2.79. The number of para-hydroxylation sites is 1. The van der Waals surface area contributed by atoms with Gasteiger partial charge in [-0.1, -0.05) is 34.1 Å². The fourth-order valence-electron chi connectivity index (χ4n) is 3.42. The van der Waals surface area contributed by atoms with Crippen LogP contribution in [0.25, 0.3) is 0 Å². The van der Waals surface area contributed by atoms with E-state index in [4.69, 9.17) is 4.74 Å². The number of ether oxygens (including phenoxy) is 1. The molecule has 0 unspecified atom stereocenters. The monoisotopic (exact) mass is 462 g/mol. The Balaban J connectivity index is 1.48. The lowest BCUT2D eigenvalue weighted by Crippen LogP contribution is -2.49. The van der Waals surface area contributed by atoms with Crippen molar-refractivity contribution in [1.82, 2.24) is 9.88 Å². The van der Waals surface area contributed by atoms with Gasteiger partial charge in [-0.05, 0) is 42.5 Å². The third-order valence-electron chi connectivity index (χ3n) is 4.91. The molecule has 0 radical (unpaired) electrons. The molecule has 2 heterocycles. The SMILES string of the molecule is N#Cc1cccnc1N1CCN(C(=O)c2ccccc2Oc2cccc(Br)c2)CC1. The molecule has 0 spiro atoms. The second kappa shape index (κ2) is 8.97. The Morgan fingerprint density at radius 2 is 1.83 bits per heavy atom. The summed E-state index contributed by atoms with van der Waals surface area (Å²) in [5.74, 6) is 1.79. The van der Waals surface area contributed by atoms with Gasteiger partial charge >= 0.3 is 0 Å². The zero-order valence-corrected chi connectivity index (χ0v) is 17.7. The summed E-state index contributed by atoms with van der Waals surface area (Å²) in [5, 5.41) is 9.31. The fourth-order valence-corrected chi connectivity index (χ4v) is 3.80. The summed E-state index contributed by atoms with van der Waals surface area (Å²) in [6.07, 6.45) is 1.68. The largest absolute Gasteiger partial charge is 0.456 e. The second-order valence-electron chi connectivity index (χ2n) is 6.82. The first-order valence-corrected chi connectivity index (χ1v) is 10.4. The van der Waals surface area contributed by atoms with Crippen LogP contribution in [0.5, 0.6) is 11.5 Å². The molecular formula is C23H19BrN4O2. The van der Waals surface area contributed by atoms with Gasteiger partial charge in [0, 0.05) is 36.8 Å². The first-order chi connectivity index (χ1) is 14.7. The zero-order valence-electron chi connectivity index (χ0n) is 16.2. The highest BCUT2D eigenvalue weighted by molar-refractivity contribution is 9.10. The molecule has 6 nitrogen and oxygen atoms in total. The first-order valence-electron chi connectivity index (χ1n) is 9.57. The Bertz CT molecular complexity index is 1100. The van der Waals surface area contributed by atoms with E-state index in [1.165, 1.54) is 0 Å². The maximum atomic E-state index is 13.2. The number of rotatable bonds is 4. The number of nitrogens with zero attached hydrogens (tertiary/aromatic N) is 4. The predicted molar refractivity (Wildman–Crippen MR) is 118 cm³/mol. The number of hydrogen-bond acceptors (Lipinski definition) is 5. The summed E-state index contributed by atoms with van der Waals surface area (Å²) in [6.45, 7) is 2.33. The van der Waals surface area contributed by atoms with Gasteiger partial charge in [0.1, 0.15) is 23.4 Å². The number of halogens is 1. The lowest BCUT2D eigenvalue weighted by atomic mass is 10.1. The molecule has 1 fully saturated rings. The Morgan fingerprint density at radius 1 is 1.03 bits per heavy atom. The maximum Gasteiger partial charge on any atom is 0.257 e. The maximum absolute atomic E-state index is 13.2. The van der Waals surface area contributed by atoms with E-state index in [0.717, 1.165) is 4.47 Å². The van der Waals surface area contributed by atoms with E-state index < -0.39 is 0 Å². The molecule has 1 aliphatic heterocycles. The topological polar surface area (TPSA) is 69.5 Å². The van der Waals surface area contributed by atoms with E-state index in [-0.39, 0.29) is 5.91 Å². The summed E-state index contributed by atoms with van der Waals surface area (Å²) in [5.41, 5.74) is 1.08.